The van der Waals surface area contributed by atoms with Crippen LogP contribution in [0.15, 0.2) is 11.6 Å². The van der Waals surface area contributed by atoms with Gasteiger partial charge in [-0.2, -0.15) is 0 Å². The molecule has 18 heavy (non-hydrogen) atoms. The van der Waals surface area contributed by atoms with Crippen molar-refractivity contribution >= 4 is 6.03 Å². The van der Waals surface area contributed by atoms with Crippen molar-refractivity contribution in [3.05, 3.63) is 11.6 Å². The molecule has 0 spiro atoms. The van der Waals surface area contributed by atoms with E-state index in [1.54, 1.807) is 5.57 Å². The minimum atomic E-state index is 0.0399. The third kappa shape index (κ3) is 2.15. The molecular weight excluding hydrogens is 224 g/mol. The smallest absolute Gasteiger partial charge is 0.315 e. The molecule has 3 unspecified atom stereocenters. The summed E-state index contributed by atoms with van der Waals surface area (Å²) in [7, 11) is 0. The molecule has 0 radical (unpaired) electrons. The summed E-state index contributed by atoms with van der Waals surface area (Å²) in [5.74, 6) is 1.59. The van der Waals surface area contributed by atoms with Gasteiger partial charge in [-0.25, -0.2) is 4.79 Å². The summed E-state index contributed by atoms with van der Waals surface area (Å²) in [6, 6.07) is 0.0399. The van der Waals surface area contributed by atoms with Gasteiger partial charge in [0.25, 0.3) is 0 Å². The average Bonchev–Trinajstić information content (AvgIpc) is 2.47. The molecule has 2 N–H and O–H groups in total. The number of hydrogen-bond donors (Lipinski definition) is 2. The van der Waals surface area contributed by atoms with Gasteiger partial charge in [-0.05, 0) is 56.8 Å². The van der Waals surface area contributed by atoms with E-state index in [9.17, 15) is 4.79 Å². The molecule has 0 aromatic carbocycles. The predicted molar refractivity (Wildman–Crippen MR) is 72.3 cm³/mol. The van der Waals surface area contributed by atoms with Crippen LogP contribution >= 0.6 is 0 Å². The van der Waals surface area contributed by atoms with Gasteiger partial charge < -0.3 is 10.6 Å². The van der Waals surface area contributed by atoms with E-state index >= 15 is 0 Å². The fourth-order valence-corrected chi connectivity index (χ4v) is 4.27. The summed E-state index contributed by atoms with van der Waals surface area (Å²) in [5.41, 5.74) is 1.71. The Balaban J connectivity index is 1.70. The van der Waals surface area contributed by atoms with Gasteiger partial charge in [0, 0.05) is 12.1 Å². The molecule has 3 aliphatic rings. The van der Waals surface area contributed by atoms with Crippen LogP contribution in [0.3, 0.4) is 0 Å². The van der Waals surface area contributed by atoms with Crippen LogP contribution in [0.2, 0.25) is 0 Å². The van der Waals surface area contributed by atoms with Gasteiger partial charge in [-0.1, -0.05) is 18.6 Å². The number of nitrogens with one attached hydrogen (secondary N) is 2. The fraction of sp³-hybridized carbons (Fsp3) is 0.800. The van der Waals surface area contributed by atoms with E-state index in [0.29, 0.717) is 0 Å². The van der Waals surface area contributed by atoms with Crippen molar-refractivity contribution in [1.29, 1.82) is 0 Å². The van der Waals surface area contributed by atoms with E-state index in [2.05, 4.69) is 23.6 Å². The van der Waals surface area contributed by atoms with Crippen molar-refractivity contribution < 1.29 is 4.79 Å². The first-order chi connectivity index (χ1) is 8.71. The highest BCUT2D eigenvalue weighted by Gasteiger charge is 2.49. The lowest BCUT2D eigenvalue weighted by molar-refractivity contribution is 0.178. The van der Waals surface area contributed by atoms with Crippen LogP contribution < -0.4 is 10.6 Å². The summed E-state index contributed by atoms with van der Waals surface area (Å²) in [6.45, 7) is 2.86. The number of amides is 2. The van der Waals surface area contributed by atoms with Crippen LogP contribution in [-0.4, -0.2) is 18.1 Å². The topological polar surface area (TPSA) is 41.1 Å². The minimum absolute atomic E-state index is 0.0399. The molecule has 3 heteroatoms. The number of carbonyl (C=O) groups excluding carboxylic acids is 1. The quantitative estimate of drug-likeness (QED) is 0.741. The predicted octanol–water partition coefficient (Wildman–Crippen LogP) is 2.97. The fourth-order valence-electron chi connectivity index (χ4n) is 4.27. The summed E-state index contributed by atoms with van der Waals surface area (Å²) in [5, 5.41) is 6.25. The van der Waals surface area contributed by atoms with E-state index in [1.165, 1.54) is 32.1 Å². The molecule has 3 aliphatic carbocycles. The molecule has 0 saturated heterocycles. The second-order valence-electron chi connectivity index (χ2n) is 6.40. The third-order valence-electron chi connectivity index (χ3n) is 4.90. The molecule has 0 aromatic heterocycles. The summed E-state index contributed by atoms with van der Waals surface area (Å²) >= 11 is 0. The molecule has 0 heterocycles. The van der Waals surface area contributed by atoms with Gasteiger partial charge in [-0.15, -0.1) is 0 Å². The molecule has 100 valence electrons. The first-order valence-corrected chi connectivity index (χ1v) is 7.46. The van der Waals surface area contributed by atoms with Crippen molar-refractivity contribution in [2.75, 3.05) is 6.54 Å². The average molecular weight is 248 g/mol. The highest BCUT2D eigenvalue weighted by molar-refractivity contribution is 5.75. The molecule has 2 fully saturated rings. The van der Waals surface area contributed by atoms with E-state index in [0.717, 1.165) is 31.2 Å². The van der Waals surface area contributed by atoms with Crippen molar-refractivity contribution in [2.45, 2.75) is 57.4 Å². The maximum absolute atomic E-state index is 11.9. The van der Waals surface area contributed by atoms with Crippen LogP contribution in [0.25, 0.3) is 0 Å². The van der Waals surface area contributed by atoms with Crippen molar-refractivity contribution in [2.24, 2.45) is 11.8 Å². The van der Waals surface area contributed by atoms with Gasteiger partial charge in [-0.3, -0.25) is 0 Å². The Hall–Kier alpha value is -0.990. The zero-order valence-corrected chi connectivity index (χ0v) is 11.3. The van der Waals surface area contributed by atoms with Gasteiger partial charge >= 0.3 is 6.03 Å². The van der Waals surface area contributed by atoms with Gasteiger partial charge in [0.05, 0.1) is 0 Å². The molecule has 3 nitrogen and oxygen atoms in total. The Kier molecular flexibility index (Phi) is 3.08. The summed E-state index contributed by atoms with van der Waals surface area (Å²) < 4.78 is 0. The molecule has 2 saturated carbocycles. The lowest BCUT2D eigenvalue weighted by Gasteiger charge is -2.38. The maximum Gasteiger partial charge on any atom is 0.315 e. The third-order valence-corrected chi connectivity index (χ3v) is 4.90. The van der Waals surface area contributed by atoms with Gasteiger partial charge in [0.1, 0.15) is 0 Å². The van der Waals surface area contributed by atoms with Crippen LogP contribution in [-0.2, 0) is 0 Å². The standard InChI is InChI=1S/C15H24N2O/c1-2-6-16-14(18)17-15-8-11-4-3-5-12(9-15)13(7-11)10-15/h5,11,13H,2-4,6-10H2,1H3,(H2,16,17,18). The van der Waals surface area contributed by atoms with Gasteiger partial charge in [0.15, 0.2) is 0 Å². The van der Waals surface area contributed by atoms with Crippen molar-refractivity contribution in [3.63, 3.8) is 0 Å². The first-order valence-electron chi connectivity index (χ1n) is 7.46. The van der Waals surface area contributed by atoms with Crippen LogP contribution in [0.1, 0.15) is 51.9 Å². The molecule has 3 bridgehead atoms. The normalized spacial score (nSPS) is 37.1. The molecule has 0 aromatic rings. The Morgan fingerprint density at radius 1 is 1.50 bits per heavy atom. The largest absolute Gasteiger partial charge is 0.338 e. The second-order valence-corrected chi connectivity index (χ2v) is 6.40. The molecular formula is C15H24N2O. The van der Waals surface area contributed by atoms with Gasteiger partial charge in [0.2, 0.25) is 0 Å². The number of allylic oxidation sites excluding steroid dienone is 1. The van der Waals surface area contributed by atoms with Crippen molar-refractivity contribution in [1.82, 2.24) is 10.6 Å². The Morgan fingerprint density at radius 3 is 3.22 bits per heavy atom. The Bertz CT molecular complexity index is 377. The zero-order chi connectivity index (χ0) is 12.6. The Morgan fingerprint density at radius 2 is 2.39 bits per heavy atom. The van der Waals surface area contributed by atoms with Crippen molar-refractivity contribution in [3.8, 4) is 0 Å². The summed E-state index contributed by atoms with van der Waals surface area (Å²) in [4.78, 5) is 11.9. The number of hydrogen-bond acceptors (Lipinski definition) is 1. The number of fused-ring (bicyclic) bond motifs is 2. The monoisotopic (exact) mass is 248 g/mol. The lowest BCUT2D eigenvalue weighted by atomic mass is 9.75. The SMILES string of the molecule is CCCNC(=O)NC12CC3=CCCC(CC3C1)C2. The Labute approximate surface area is 109 Å². The molecule has 2 amide bonds. The molecule has 3 rings (SSSR count). The van der Waals surface area contributed by atoms with E-state index in [-0.39, 0.29) is 11.6 Å². The van der Waals surface area contributed by atoms with E-state index in [4.69, 9.17) is 0 Å². The van der Waals surface area contributed by atoms with E-state index < -0.39 is 0 Å². The second kappa shape index (κ2) is 4.60. The highest BCUT2D eigenvalue weighted by Crippen LogP contribution is 2.53. The minimum Gasteiger partial charge on any atom is -0.338 e. The van der Waals surface area contributed by atoms with Crippen LogP contribution in [0, 0.1) is 11.8 Å². The number of urea groups is 1. The molecule has 0 aliphatic heterocycles. The van der Waals surface area contributed by atoms with Crippen LogP contribution in [0.5, 0.6) is 0 Å². The molecule has 3 atom stereocenters. The number of rotatable bonds is 3. The zero-order valence-electron chi connectivity index (χ0n) is 11.3. The number of carbonyl (C=O) groups is 1. The lowest BCUT2D eigenvalue weighted by Crippen LogP contribution is -2.53. The van der Waals surface area contributed by atoms with Crippen LogP contribution in [0.4, 0.5) is 4.79 Å². The highest BCUT2D eigenvalue weighted by atomic mass is 16.2. The maximum atomic E-state index is 11.9. The van der Waals surface area contributed by atoms with E-state index in [1.807, 2.05) is 0 Å². The first kappa shape index (κ1) is 12.1. The summed E-state index contributed by atoms with van der Waals surface area (Å²) in [6.07, 6.45) is 10.9.